The van der Waals surface area contributed by atoms with E-state index >= 15 is 0 Å². The van der Waals surface area contributed by atoms with Crippen molar-refractivity contribution in [3.8, 4) is 0 Å². The van der Waals surface area contributed by atoms with Crippen molar-refractivity contribution in [1.29, 1.82) is 0 Å². The maximum Gasteiger partial charge on any atom is 0.332 e. The Hall–Kier alpha value is -2.13. The van der Waals surface area contributed by atoms with Crippen LogP contribution in [0.4, 0.5) is 0 Å². The topological polar surface area (TPSA) is 148 Å². The van der Waals surface area contributed by atoms with Crippen LogP contribution in [0.25, 0.3) is 11.2 Å². The second-order valence-corrected chi connectivity index (χ2v) is 7.21. The summed E-state index contributed by atoms with van der Waals surface area (Å²) < 4.78 is 15.4. The first-order valence-electron chi connectivity index (χ1n) is 9.29. The van der Waals surface area contributed by atoms with Crippen molar-refractivity contribution in [2.45, 2.75) is 37.3 Å². The Balaban J connectivity index is 1.34. The van der Waals surface area contributed by atoms with Gasteiger partial charge in [0, 0.05) is 20.6 Å². The fraction of sp³-hybridized carbons (Fsp3) is 0.688. The van der Waals surface area contributed by atoms with Gasteiger partial charge in [0.05, 0.1) is 25.6 Å². The average Bonchev–Trinajstić information content (AvgIpc) is 3.38. The molecule has 4 heterocycles. The molecule has 160 valence electrons. The normalized spacial score (nSPS) is 26.7. The van der Waals surface area contributed by atoms with Crippen molar-refractivity contribution >= 4 is 11.2 Å². The maximum absolute atomic E-state index is 12.4. The van der Waals surface area contributed by atoms with Gasteiger partial charge in [0.15, 0.2) is 11.2 Å². The second kappa shape index (κ2) is 7.95. The molecular formula is C16H23N6O7-. The lowest BCUT2D eigenvalue weighted by atomic mass is 10.1. The van der Waals surface area contributed by atoms with Crippen molar-refractivity contribution in [3.63, 3.8) is 0 Å². The molecule has 0 radical (unpaired) electrons. The lowest BCUT2D eigenvalue weighted by Crippen LogP contribution is -2.42. The molecule has 2 aromatic rings. The number of hydrogen-bond acceptors (Lipinski definition) is 10. The van der Waals surface area contributed by atoms with Crippen LogP contribution in [0, 0.1) is 5.21 Å². The van der Waals surface area contributed by atoms with E-state index in [1.54, 1.807) is 17.9 Å². The number of aromatic nitrogens is 4. The molecule has 2 aliphatic rings. The third kappa shape index (κ3) is 3.61. The van der Waals surface area contributed by atoms with Crippen molar-refractivity contribution in [1.82, 2.24) is 29.4 Å². The van der Waals surface area contributed by atoms with Crippen LogP contribution in [0.5, 0.6) is 0 Å². The van der Waals surface area contributed by atoms with E-state index in [1.807, 2.05) is 0 Å². The molecule has 0 unspecified atom stereocenters. The molecule has 2 N–H and O–H groups in total. The number of ether oxygens (including phenoxy) is 2. The Morgan fingerprint density at radius 2 is 2.07 bits per heavy atom. The molecule has 2 saturated heterocycles. The zero-order chi connectivity index (χ0) is 20.7. The summed E-state index contributed by atoms with van der Waals surface area (Å²) in [7, 11) is 3.03. The number of nitrogens with one attached hydrogen (secondary N) is 1. The molecule has 0 aromatic carbocycles. The monoisotopic (exact) mass is 411 g/mol. The van der Waals surface area contributed by atoms with Gasteiger partial charge in [-0.1, -0.05) is 0 Å². The molecule has 2 aromatic heterocycles. The molecule has 13 heteroatoms. The van der Waals surface area contributed by atoms with E-state index in [1.165, 1.54) is 11.6 Å². The van der Waals surface area contributed by atoms with Gasteiger partial charge in [-0.3, -0.25) is 18.8 Å². The molecular weight excluding hydrogens is 388 g/mol. The van der Waals surface area contributed by atoms with Gasteiger partial charge in [0.25, 0.3) is 5.56 Å². The molecule has 0 saturated carbocycles. The second-order valence-electron chi connectivity index (χ2n) is 7.21. The van der Waals surface area contributed by atoms with Crippen LogP contribution >= 0.6 is 0 Å². The summed E-state index contributed by atoms with van der Waals surface area (Å²) in [5.74, 6) is 0. The predicted molar refractivity (Wildman–Crippen MR) is 98.0 cm³/mol. The van der Waals surface area contributed by atoms with Gasteiger partial charge in [0.1, 0.15) is 18.3 Å². The third-order valence-electron chi connectivity index (χ3n) is 5.43. The average molecular weight is 411 g/mol. The van der Waals surface area contributed by atoms with Crippen LogP contribution in [0.15, 0.2) is 15.9 Å². The lowest BCUT2D eigenvalue weighted by Gasteiger charge is -2.24. The Bertz CT molecular complexity index is 998. The summed E-state index contributed by atoms with van der Waals surface area (Å²) >= 11 is 0. The largest absolute Gasteiger partial charge is 0.738 e. The highest BCUT2D eigenvalue weighted by Gasteiger charge is 2.48. The fourth-order valence-electron chi connectivity index (χ4n) is 3.95. The number of hydrogen-bond donors (Lipinski definition) is 2. The Morgan fingerprint density at radius 3 is 2.83 bits per heavy atom. The van der Waals surface area contributed by atoms with E-state index in [0.29, 0.717) is 37.3 Å². The Morgan fingerprint density at radius 1 is 1.31 bits per heavy atom. The van der Waals surface area contributed by atoms with Crippen LogP contribution in [0.2, 0.25) is 0 Å². The molecule has 2 aliphatic heterocycles. The molecule has 0 spiro atoms. The first kappa shape index (κ1) is 20.2. The molecule has 0 bridgehead atoms. The van der Waals surface area contributed by atoms with E-state index in [9.17, 15) is 14.8 Å². The first-order chi connectivity index (χ1) is 13.9. The summed E-state index contributed by atoms with van der Waals surface area (Å²) in [5, 5.41) is 22.1. The van der Waals surface area contributed by atoms with E-state index < -0.39 is 23.3 Å². The van der Waals surface area contributed by atoms with Gasteiger partial charge in [0.2, 0.25) is 0 Å². The highest BCUT2D eigenvalue weighted by atomic mass is 17.1. The van der Waals surface area contributed by atoms with Crippen LogP contribution < -0.4 is 16.6 Å². The summed E-state index contributed by atoms with van der Waals surface area (Å²) in [6.07, 6.45) is 0.936. The van der Waals surface area contributed by atoms with E-state index in [2.05, 4.69) is 10.3 Å². The quantitative estimate of drug-likeness (QED) is 0.390. The molecule has 13 nitrogen and oxygen atoms in total. The minimum absolute atomic E-state index is 0.0689. The maximum atomic E-state index is 12.4. The van der Waals surface area contributed by atoms with E-state index in [4.69, 9.17) is 19.5 Å². The summed E-state index contributed by atoms with van der Waals surface area (Å²) in [5.41, 5.74) is -0.0309. The highest BCUT2D eigenvalue weighted by molar-refractivity contribution is 5.69. The van der Waals surface area contributed by atoms with Crippen molar-refractivity contribution < 1.29 is 19.5 Å². The fourth-order valence-corrected chi connectivity index (χ4v) is 3.95. The van der Waals surface area contributed by atoms with E-state index in [0.717, 1.165) is 4.57 Å². The number of imidazole rings is 1. The Kier molecular flexibility index (Phi) is 5.52. The summed E-state index contributed by atoms with van der Waals surface area (Å²) in [6, 6.07) is -0.0689. The van der Waals surface area contributed by atoms with Gasteiger partial charge in [-0.15, -0.1) is 5.39 Å². The minimum Gasteiger partial charge on any atom is -0.738 e. The standard InChI is InChI=1S/C16H23N6O7/c1-19-14-11(15(23)20(2)16(19)24)21(8-18-14)5-3-4-17-9-6-27-13-10(29-22(25)26)7-28-12(9)13/h8-10,12-13,17,25H,3-7H2,1-2H3/q-1/t9-,10-,12+,13+/m0/s1. The van der Waals surface area contributed by atoms with Crippen molar-refractivity contribution in [2.24, 2.45) is 14.1 Å². The molecule has 0 aliphatic carbocycles. The molecule has 0 amide bonds. The number of nitrogens with zero attached hydrogens (tertiary/aromatic N) is 5. The van der Waals surface area contributed by atoms with Gasteiger partial charge in [-0.25, -0.2) is 9.78 Å². The summed E-state index contributed by atoms with van der Waals surface area (Å²) in [6.45, 7) is 1.73. The zero-order valence-corrected chi connectivity index (χ0v) is 16.1. The molecule has 2 fully saturated rings. The van der Waals surface area contributed by atoms with Gasteiger partial charge in [-0.05, 0) is 13.0 Å². The number of fused-ring (bicyclic) bond motifs is 2. The smallest absolute Gasteiger partial charge is 0.332 e. The van der Waals surface area contributed by atoms with Crippen LogP contribution in [-0.2, 0) is 35.0 Å². The van der Waals surface area contributed by atoms with Gasteiger partial charge < -0.3 is 29.8 Å². The third-order valence-corrected chi connectivity index (χ3v) is 5.43. The predicted octanol–water partition coefficient (Wildman–Crippen LogP) is -1.93. The first-order valence-corrected chi connectivity index (χ1v) is 9.29. The highest BCUT2D eigenvalue weighted by Crippen LogP contribution is 2.29. The molecule has 29 heavy (non-hydrogen) atoms. The van der Waals surface area contributed by atoms with Crippen LogP contribution in [-0.4, -0.2) is 73.4 Å². The Labute approximate surface area is 164 Å². The number of aryl methyl sites for hydroxylation is 2. The number of rotatable bonds is 7. The van der Waals surface area contributed by atoms with E-state index in [-0.39, 0.29) is 24.3 Å². The lowest BCUT2D eigenvalue weighted by molar-refractivity contribution is -0.335. The van der Waals surface area contributed by atoms with Gasteiger partial charge in [-0.2, -0.15) is 0 Å². The zero-order valence-electron chi connectivity index (χ0n) is 16.1. The molecule has 4 rings (SSSR count). The summed E-state index contributed by atoms with van der Waals surface area (Å²) in [4.78, 5) is 33.4. The SMILES string of the molecule is Cn1c(=O)c2c(ncn2CCCN[C@H]2CO[C@H]3[C@@H]2OC[C@@H]3ON([O-])O)n(C)c1=O. The minimum atomic E-state index is -0.644. The van der Waals surface area contributed by atoms with Crippen molar-refractivity contribution in [2.75, 3.05) is 19.8 Å². The molecule has 4 atom stereocenters. The van der Waals surface area contributed by atoms with Crippen LogP contribution in [0.3, 0.4) is 0 Å². The van der Waals surface area contributed by atoms with Crippen molar-refractivity contribution in [3.05, 3.63) is 32.4 Å². The van der Waals surface area contributed by atoms with Gasteiger partial charge >= 0.3 is 5.69 Å². The van der Waals surface area contributed by atoms with Crippen LogP contribution in [0.1, 0.15) is 6.42 Å².